The third kappa shape index (κ3) is 4.24. The summed E-state index contributed by atoms with van der Waals surface area (Å²) in [6, 6.07) is 18.4. The van der Waals surface area contributed by atoms with Crippen molar-refractivity contribution in [2.75, 3.05) is 36.5 Å². The van der Waals surface area contributed by atoms with E-state index in [1.54, 1.807) is 6.20 Å². The van der Waals surface area contributed by atoms with Gasteiger partial charge in [-0.1, -0.05) is 24.3 Å². The smallest absolute Gasteiger partial charge is 0.227 e. The molecular weight excluding hydrogens is 338 g/mol. The van der Waals surface area contributed by atoms with Crippen molar-refractivity contribution in [1.29, 1.82) is 0 Å². The minimum absolute atomic E-state index is 0.539. The highest BCUT2D eigenvalue weighted by Gasteiger charge is 2.11. The zero-order valence-corrected chi connectivity index (χ0v) is 15.1. The van der Waals surface area contributed by atoms with Gasteiger partial charge >= 0.3 is 0 Å². The van der Waals surface area contributed by atoms with Gasteiger partial charge in [0.1, 0.15) is 0 Å². The Bertz CT molecular complexity index is 874. The molecule has 0 spiro atoms. The number of hydrogen-bond donors (Lipinski definition) is 2. The highest BCUT2D eigenvalue weighted by molar-refractivity contribution is 5.63. The molecule has 1 aliphatic rings. The molecule has 0 amide bonds. The standard InChI is InChI=1S/C21H23N5O/c22-15-16-1-3-17(4-2-16)20-9-10-23-21(25-20)24-18-5-7-19(8-6-18)26-11-13-27-14-12-26/h1-10H,11-15,22H2,(H,23,24,25). The highest BCUT2D eigenvalue weighted by Crippen LogP contribution is 2.22. The average molecular weight is 361 g/mol. The van der Waals surface area contributed by atoms with Crippen LogP contribution in [0.3, 0.4) is 0 Å². The van der Waals surface area contributed by atoms with Crippen molar-refractivity contribution >= 4 is 17.3 Å². The first kappa shape index (κ1) is 17.5. The third-order valence-electron chi connectivity index (χ3n) is 4.64. The van der Waals surface area contributed by atoms with Crippen LogP contribution < -0.4 is 16.0 Å². The molecule has 1 aromatic heterocycles. The molecule has 0 bridgehead atoms. The van der Waals surface area contributed by atoms with Crippen LogP contribution in [0.15, 0.2) is 60.8 Å². The number of nitrogens with zero attached hydrogens (tertiary/aromatic N) is 3. The first-order chi connectivity index (χ1) is 13.3. The molecule has 0 unspecified atom stereocenters. The summed E-state index contributed by atoms with van der Waals surface area (Å²) in [5, 5.41) is 3.28. The number of rotatable bonds is 5. The third-order valence-corrected chi connectivity index (χ3v) is 4.64. The van der Waals surface area contributed by atoms with Crippen LogP contribution in [0.4, 0.5) is 17.3 Å². The van der Waals surface area contributed by atoms with Gasteiger partial charge in [0.25, 0.3) is 0 Å². The summed E-state index contributed by atoms with van der Waals surface area (Å²) in [4.78, 5) is 11.3. The molecule has 27 heavy (non-hydrogen) atoms. The predicted molar refractivity (Wildman–Crippen MR) is 108 cm³/mol. The maximum atomic E-state index is 5.66. The van der Waals surface area contributed by atoms with E-state index in [2.05, 4.69) is 44.5 Å². The predicted octanol–water partition coefficient (Wildman–Crippen LogP) is 3.18. The second-order valence-corrected chi connectivity index (χ2v) is 6.44. The quantitative estimate of drug-likeness (QED) is 0.727. The number of aromatic nitrogens is 2. The van der Waals surface area contributed by atoms with E-state index in [-0.39, 0.29) is 0 Å². The largest absolute Gasteiger partial charge is 0.378 e. The Balaban J connectivity index is 1.47. The Labute approximate surface area is 159 Å². The maximum absolute atomic E-state index is 5.66. The minimum Gasteiger partial charge on any atom is -0.378 e. The molecule has 0 aliphatic carbocycles. The minimum atomic E-state index is 0.539. The number of morpholine rings is 1. The van der Waals surface area contributed by atoms with E-state index in [0.29, 0.717) is 12.5 Å². The van der Waals surface area contributed by atoms with Gasteiger partial charge in [0.15, 0.2) is 0 Å². The molecule has 6 nitrogen and oxygen atoms in total. The molecule has 1 aliphatic heterocycles. The van der Waals surface area contributed by atoms with E-state index < -0.39 is 0 Å². The number of nitrogens with one attached hydrogen (secondary N) is 1. The molecule has 138 valence electrons. The van der Waals surface area contributed by atoms with Crippen LogP contribution in [0.5, 0.6) is 0 Å². The summed E-state index contributed by atoms with van der Waals surface area (Å²) in [6.45, 7) is 3.97. The summed E-state index contributed by atoms with van der Waals surface area (Å²) in [5.74, 6) is 0.578. The zero-order valence-electron chi connectivity index (χ0n) is 15.1. The van der Waals surface area contributed by atoms with Gasteiger partial charge in [-0.2, -0.15) is 0 Å². The van der Waals surface area contributed by atoms with Crippen LogP contribution in [0, 0.1) is 0 Å². The fourth-order valence-corrected chi connectivity index (χ4v) is 3.10. The van der Waals surface area contributed by atoms with E-state index in [1.165, 1.54) is 5.69 Å². The molecule has 2 heterocycles. The number of ether oxygens (including phenoxy) is 1. The lowest BCUT2D eigenvalue weighted by Crippen LogP contribution is -2.36. The van der Waals surface area contributed by atoms with Crippen molar-refractivity contribution in [3.63, 3.8) is 0 Å². The van der Waals surface area contributed by atoms with E-state index in [0.717, 1.165) is 48.8 Å². The van der Waals surface area contributed by atoms with Crippen molar-refractivity contribution in [2.45, 2.75) is 6.54 Å². The Morgan fingerprint density at radius 1 is 0.963 bits per heavy atom. The number of benzene rings is 2. The van der Waals surface area contributed by atoms with Gasteiger partial charge in [0.2, 0.25) is 5.95 Å². The second-order valence-electron chi connectivity index (χ2n) is 6.44. The zero-order chi connectivity index (χ0) is 18.5. The Hall–Kier alpha value is -2.96. The average Bonchev–Trinajstić information content (AvgIpc) is 2.75. The van der Waals surface area contributed by atoms with Gasteiger partial charge in [-0.15, -0.1) is 0 Å². The summed E-state index contributed by atoms with van der Waals surface area (Å²) in [7, 11) is 0. The molecule has 2 aromatic carbocycles. The molecule has 1 saturated heterocycles. The van der Waals surface area contributed by atoms with E-state index in [9.17, 15) is 0 Å². The van der Waals surface area contributed by atoms with Crippen LogP contribution in [0.25, 0.3) is 11.3 Å². The lowest BCUT2D eigenvalue weighted by Gasteiger charge is -2.28. The van der Waals surface area contributed by atoms with E-state index >= 15 is 0 Å². The van der Waals surface area contributed by atoms with Crippen LogP contribution >= 0.6 is 0 Å². The van der Waals surface area contributed by atoms with Gasteiger partial charge in [-0.25, -0.2) is 9.97 Å². The van der Waals surface area contributed by atoms with Gasteiger partial charge in [0.05, 0.1) is 18.9 Å². The van der Waals surface area contributed by atoms with Gasteiger partial charge in [0, 0.05) is 42.8 Å². The van der Waals surface area contributed by atoms with Gasteiger partial charge in [-0.3, -0.25) is 0 Å². The van der Waals surface area contributed by atoms with Crippen LogP contribution in [-0.2, 0) is 11.3 Å². The topological polar surface area (TPSA) is 76.3 Å². The lowest BCUT2D eigenvalue weighted by atomic mass is 10.1. The van der Waals surface area contributed by atoms with Crippen molar-refractivity contribution < 1.29 is 4.74 Å². The normalized spacial score (nSPS) is 14.2. The monoisotopic (exact) mass is 361 g/mol. The SMILES string of the molecule is NCc1ccc(-c2ccnc(Nc3ccc(N4CCOCC4)cc3)n2)cc1. The number of hydrogen-bond acceptors (Lipinski definition) is 6. The Morgan fingerprint density at radius 3 is 2.41 bits per heavy atom. The summed E-state index contributed by atoms with van der Waals surface area (Å²) in [6.07, 6.45) is 1.77. The lowest BCUT2D eigenvalue weighted by molar-refractivity contribution is 0.122. The van der Waals surface area contributed by atoms with Crippen molar-refractivity contribution in [2.24, 2.45) is 5.73 Å². The molecular formula is C21H23N5O. The Morgan fingerprint density at radius 2 is 1.70 bits per heavy atom. The first-order valence-electron chi connectivity index (χ1n) is 9.14. The van der Waals surface area contributed by atoms with Crippen molar-refractivity contribution in [3.05, 3.63) is 66.4 Å². The molecule has 1 fully saturated rings. The molecule has 0 radical (unpaired) electrons. The van der Waals surface area contributed by atoms with Crippen LogP contribution in [0.2, 0.25) is 0 Å². The molecule has 0 atom stereocenters. The maximum Gasteiger partial charge on any atom is 0.227 e. The molecule has 6 heteroatoms. The fourth-order valence-electron chi connectivity index (χ4n) is 3.10. The summed E-state index contributed by atoms with van der Waals surface area (Å²) in [5.41, 5.74) is 10.9. The summed E-state index contributed by atoms with van der Waals surface area (Å²) >= 11 is 0. The highest BCUT2D eigenvalue weighted by atomic mass is 16.5. The van der Waals surface area contributed by atoms with E-state index in [1.807, 2.05) is 30.3 Å². The van der Waals surface area contributed by atoms with Crippen molar-refractivity contribution in [1.82, 2.24) is 9.97 Å². The van der Waals surface area contributed by atoms with Crippen LogP contribution in [0.1, 0.15) is 5.56 Å². The summed E-state index contributed by atoms with van der Waals surface area (Å²) < 4.78 is 5.41. The molecule has 3 aromatic rings. The van der Waals surface area contributed by atoms with Crippen molar-refractivity contribution in [3.8, 4) is 11.3 Å². The van der Waals surface area contributed by atoms with Gasteiger partial charge < -0.3 is 20.7 Å². The second kappa shape index (κ2) is 8.16. The van der Waals surface area contributed by atoms with E-state index in [4.69, 9.17) is 10.5 Å². The number of anilines is 3. The molecule has 4 rings (SSSR count). The fraction of sp³-hybridized carbons (Fsp3) is 0.238. The Kier molecular flexibility index (Phi) is 5.27. The number of nitrogens with two attached hydrogens (primary N) is 1. The molecule has 3 N–H and O–H groups in total. The first-order valence-corrected chi connectivity index (χ1v) is 9.14. The van der Waals surface area contributed by atoms with Gasteiger partial charge in [-0.05, 0) is 35.9 Å². The van der Waals surface area contributed by atoms with Crippen LogP contribution in [-0.4, -0.2) is 36.3 Å². The molecule has 0 saturated carbocycles.